The molecule has 0 N–H and O–H groups in total. The smallest absolute Gasteiger partial charge is 0.377 e. The average molecular weight is 273 g/mol. The minimum absolute atomic E-state index is 0.864. The van der Waals surface area contributed by atoms with E-state index in [1.807, 2.05) is 0 Å². The SMILES string of the molecule is CO[Si](CCCCn1cc[n+](C)c1C)(OC)OC. The van der Waals surface area contributed by atoms with Crippen molar-refractivity contribution in [3.8, 4) is 0 Å². The van der Waals surface area contributed by atoms with Gasteiger partial charge in [0, 0.05) is 34.3 Å². The molecule has 0 aliphatic rings. The summed E-state index contributed by atoms with van der Waals surface area (Å²) in [4.78, 5) is 0. The van der Waals surface area contributed by atoms with Gasteiger partial charge in [-0.2, -0.15) is 0 Å². The second-order valence-corrected chi connectivity index (χ2v) is 7.49. The largest absolute Gasteiger partial charge is 0.500 e. The van der Waals surface area contributed by atoms with E-state index in [-0.39, 0.29) is 0 Å². The second kappa shape index (κ2) is 7.03. The van der Waals surface area contributed by atoms with Crippen molar-refractivity contribution in [2.75, 3.05) is 21.3 Å². The van der Waals surface area contributed by atoms with E-state index >= 15 is 0 Å². The summed E-state index contributed by atoms with van der Waals surface area (Å²) in [5.74, 6) is 1.27. The van der Waals surface area contributed by atoms with Crippen LogP contribution in [0.5, 0.6) is 0 Å². The van der Waals surface area contributed by atoms with Gasteiger partial charge in [0.25, 0.3) is 5.82 Å². The van der Waals surface area contributed by atoms with Crippen LogP contribution < -0.4 is 4.57 Å². The molecule has 0 aliphatic heterocycles. The Morgan fingerprint density at radius 3 is 2.22 bits per heavy atom. The van der Waals surface area contributed by atoms with Crippen LogP contribution in [0.3, 0.4) is 0 Å². The zero-order valence-electron chi connectivity index (χ0n) is 12.1. The lowest BCUT2D eigenvalue weighted by atomic mass is 10.3. The Morgan fingerprint density at radius 1 is 1.17 bits per heavy atom. The topological polar surface area (TPSA) is 36.5 Å². The Hall–Kier alpha value is -0.693. The summed E-state index contributed by atoms with van der Waals surface area (Å²) in [5, 5.41) is 0. The Bertz CT molecular complexity index is 356. The van der Waals surface area contributed by atoms with Crippen molar-refractivity contribution in [3.63, 3.8) is 0 Å². The molecule has 1 rings (SSSR count). The lowest BCUT2D eigenvalue weighted by Crippen LogP contribution is -2.42. The first kappa shape index (κ1) is 15.4. The molecule has 18 heavy (non-hydrogen) atoms. The zero-order chi connectivity index (χ0) is 13.6. The number of hydrogen-bond donors (Lipinski definition) is 0. The molecule has 0 bridgehead atoms. The van der Waals surface area contributed by atoms with Crippen LogP contribution in [0.2, 0.25) is 6.04 Å². The van der Waals surface area contributed by atoms with E-state index in [0.717, 1.165) is 25.4 Å². The van der Waals surface area contributed by atoms with Gasteiger partial charge in [-0.3, -0.25) is 0 Å². The highest BCUT2D eigenvalue weighted by Crippen LogP contribution is 2.16. The number of unbranched alkanes of at least 4 members (excludes halogenated alkanes) is 1. The number of aryl methyl sites for hydroxylation is 2. The first-order chi connectivity index (χ1) is 8.58. The van der Waals surface area contributed by atoms with Crippen molar-refractivity contribution in [3.05, 3.63) is 18.2 Å². The molecule has 0 amide bonds. The number of hydrogen-bond acceptors (Lipinski definition) is 3. The van der Waals surface area contributed by atoms with Crippen molar-refractivity contribution < 1.29 is 17.8 Å². The Kier molecular flexibility index (Phi) is 6.00. The lowest BCUT2D eigenvalue weighted by molar-refractivity contribution is -0.677. The van der Waals surface area contributed by atoms with E-state index in [1.165, 1.54) is 5.82 Å². The van der Waals surface area contributed by atoms with Crippen LogP contribution in [0.1, 0.15) is 18.7 Å². The minimum atomic E-state index is -2.38. The number of rotatable bonds is 8. The zero-order valence-corrected chi connectivity index (χ0v) is 13.1. The molecule has 0 aliphatic carbocycles. The van der Waals surface area contributed by atoms with Crippen LogP contribution >= 0.6 is 0 Å². The molecule has 1 aromatic heterocycles. The van der Waals surface area contributed by atoms with E-state index in [2.05, 4.69) is 35.5 Å². The van der Waals surface area contributed by atoms with Gasteiger partial charge >= 0.3 is 8.80 Å². The summed E-state index contributed by atoms with van der Waals surface area (Å²) in [6, 6.07) is 0.864. The Labute approximate surface area is 111 Å². The Morgan fingerprint density at radius 2 is 1.78 bits per heavy atom. The van der Waals surface area contributed by atoms with E-state index in [0.29, 0.717) is 0 Å². The highest BCUT2D eigenvalue weighted by atomic mass is 28.4. The van der Waals surface area contributed by atoms with Crippen molar-refractivity contribution in [1.29, 1.82) is 0 Å². The van der Waals surface area contributed by atoms with Gasteiger partial charge in [-0.25, -0.2) is 9.13 Å². The average Bonchev–Trinajstić information content (AvgIpc) is 2.71. The van der Waals surface area contributed by atoms with Gasteiger partial charge in [0.2, 0.25) is 0 Å². The maximum absolute atomic E-state index is 5.40. The molecule has 0 fully saturated rings. The van der Waals surface area contributed by atoms with Crippen molar-refractivity contribution in [2.24, 2.45) is 7.05 Å². The first-order valence-corrected chi connectivity index (χ1v) is 8.18. The predicted octanol–water partition coefficient (Wildman–Crippen LogP) is 1.28. The fraction of sp³-hybridized carbons (Fsp3) is 0.750. The summed E-state index contributed by atoms with van der Waals surface area (Å²) in [6.45, 7) is 3.15. The fourth-order valence-electron chi connectivity index (χ4n) is 2.01. The molecule has 0 saturated heterocycles. The summed E-state index contributed by atoms with van der Waals surface area (Å²) < 4.78 is 20.6. The van der Waals surface area contributed by atoms with Gasteiger partial charge in [0.05, 0.1) is 13.6 Å². The normalized spacial score (nSPS) is 12.1. The van der Waals surface area contributed by atoms with Crippen LogP contribution in [-0.2, 0) is 26.9 Å². The summed E-state index contributed by atoms with van der Waals surface area (Å²) in [7, 11) is 4.67. The minimum Gasteiger partial charge on any atom is -0.377 e. The molecule has 5 nitrogen and oxygen atoms in total. The standard InChI is InChI=1S/C12H25N2O3Si/c1-12-13(2)9-10-14(12)8-6-7-11-18(15-3,16-4)17-5/h9-10H,6-8,11H2,1-5H3/q+1. The second-order valence-electron chi connectivity index (χ2n) is 4.40. The number of nitrogens with zero attached hydrogens (tertiary/aromatic N) is 2. The molecule has 0 spiro atoms. The van der Waals surface area contributed by atoms with Crippen LogP contribution in [-0.4, -0.2) is 34.7 Å². The molecule has 0 atom stereocenters. The summed E-state index contributed by atoms with van der Waals surface area (Å²) >= 11 is 0. The first-order valence-electron chi connectivity index (χ1n) is 6.25. The van der Waals surface area contributed by atoms with E-state index in [4.69, 9.17) is 13.3 Å². The molecule has 1 aromatic rings. The molecule has 0 unspecified atom stereocenters. The number of imidazole rings is 1. The Balaban J connectivity index is 2.36. The van der Waals surface area contributed by atoms with Crippen LogP contribution in [0.25, 0.3) is 0 Å². The maximum Gasteiger partial charge on any atom is 0.500 e. The lowest BCUT2D eigenvalue weighted by Gasteiger charge is -2.24. The molecule has 0 aromatic carbocycles. The van der Waals surface area contributed by atoms with E-state index < -0.39 is 8.80 Å². The van der Waals surface area contributed by atoms with Crippen LogP contribution in [0, 0.1) is 6.92 Å². The molecular formula is C12H25N2O3Si+. The third kappa shape index (κ3) is 3.65. The number of aromatic nitrogens is 2. The third-order valence-corrected chi connectivity index (χ3v) is 6.29. The van der Waals surface area contributed by atoms with Gasteiger partial charge in [0.1, 0.15) is 12.4 Å². The van der Waals surface area contributed by atoms with Gasteiger partial charge in [-0.15, -0.1) is 0 Å². The molecule has 104 valence electrons. The maximum atomic E-state index is 5.40. The molecule has 0 saturated carbocycles. The quantitative estimate of drug-likeness (QED) is 0.407. The van der Waals surface area contributed by atoms with Gasteiger partial charge in [-0.1, -0.05) is 0 Å². The summed E-state index contributed by atoms with van der Waals surface area (Å²) in [6.07, 6.45) is 6.33. The monoisotopic (exact) mass is 273 g/mol. The predicted molar refractivity (Wildman–Crippen MR) is 71.2 cm³/mol. The van der Waals surface area contributed by atoms with Crippen LogP contribution in [0.4, 0.5) is 0 Å². The summed E-state index contributed by atoms with van der Waals surface area (Å²) in [5.41, 5.74) is 0. The highest BCUT2D eigenvalue weighted by Gasteiger charge is 2.36. The van der Waals surface area contributed by atoms with Gasteiger partial charge < -0.3 is 13.3 Å². The van der Waals surface area contributed by atoms with Gasteiger partial charge in [-0.05, 0) is 12.8 Å². The molecule has 6 heteroatoms. The van der Waals surface area contributed by atoms with Crippen LogP contribution in [0.15, 0.2) is 12.4 Å². The molecular weight excluding hydrogens is 248 g/mol. The fourth-order valence-corrected chi connectivity index (χ4v) is 3.81. The van der Waals surface area contributed by atoms with Crippen molar-refractivity contribution in [1.82, 2.24) is 4.57 Å². The highest BCUT2D eigenvalue weighted by molar-refractivity contribution is 6.60. The van der Waals surface area contributed by atoms with Crippen molar-refractivity contribution in [2.45, 2.75) is 32.4 Å². The van der Waals surface area contributed by atoms with Gasteiger partial charge in [0.15, 0.2) is 0 Å². The van der Waals surface area contributed by atoms with E-state index in [1.54, 1.807) is 21.3 Å². The van der Waals surface area contributed by atoms with E-state index in [9.17, 15) is 0 Å². The molecule has 1 heterocycles. The molecule has 0 radical (unpaired) electrons. The third-order valence-electron chi connectivity index (χ3n) is 3.46. The van der Waals surface area contributed by atoms with Crippen molar-refractivity contribution >= 4 is 8.80 Å².